The molecule has 5 rings (SSSR count). The fourth-order valence-electron chi connectivity index (χ4n) is 5.31. The van der Waals surface area contributed by atoms with Gasteiger partial charge < -0.3 is 10.6 Å². The fraction of sp³-hybridized carbons (Fsp3) is 0.619. The number of pyridine rings is 1. The van der Waals surface area contributed by atoms with Gasteiger partial charge in [-0.25, -0.2) is 4.98 Å². The molecule has 0 radical (unpaired) electrons. The first kappa shape index (κ1) is 18.9. The van der Waals surface area contributed by atoms with Crippen molar-refractivity contribution in [3.05, 3.63) is 29.6 Å². The number of nitrogen functional groups attached to an aromatic ring is 1. The molecule has 2 aromatic rings. The van der Waals surface area contributed by atoms with Gasteiger partial charge in [0, 0.05) is 35.5 Å². The second-order valence-electron chi connectivity index (χ2n) is 9.02. The van der Waals surface area contributed by atoms with Gasteiger partial charge in [0.05, 0.1) is 11.3 Å². The molecule has 3 aliphatic rings. The van der Waals surface area contributed by atoms with Crippen LogP contribution in [0.2, 0.25) is 0 Å². The molecule has 3 heterocycles. The van der Waals surface area contributed by atoms with E-state index in [1.54, 1.807) is 0 Å². The van der Waals surface area contributed by atoms with E-state index in [1.165, 1.54) is 38.5 Å². The minimum absolute atomic E-state index is 0.148. The van der Waals surface area contributed by atoms with Crippen LogP contribution >= 0.6 is 0 Å². The van der Waals surface area contributed by atoms with E-state index < -0.39 is 17.6 Å². The van der Waals surface area contributed by atoms with Gasteiger partial charge >= 0.3 is 6.18 Å². The number of aromatic nitrogens is 3. The van der Waals surface area contributed by atoms with Crippen molar-refractivity contribution in [3.63, 3.8) is 0 Å². The Morgan fingerprint density at radius 2 is 1.83 bits per heavy atom. The summed E-state index contributed by atoms with van der Waals surface area (Å²) in [6, 6.07) is 3.90. The SMILES string of the molecule is CC(C)n1nc(-c2cnc(N)c(C(F)(F)F)c2)cc1[C@H]1[C@@H]2C[C@H](N3CCC3)C[C@@H]21. The number of fused-ring (bicyclic) bond motifs is 1. The third-order valence-electron chi connectivity index (χ3n) is 6.94. The van der Waals surface area contributed by atoms with Crippen molar-refractivity contribution in [2.24, 2.45) is 11.8 Å². The van der Waals surface area contributed by atoms with Gasteiger partial charge in [-0.2, -0.15) is 18.3 Å². The Balaban J connectivity index is 1.43. The summed E-state index contributed by atoms with van der Waals surface area (Å²) in [7, 11) is 0. The number of anilines is 1. The van der Waals surface area contributed by atoms with Crippen LogP contribution in [0.25, 0.3) is 11.3 Å². The van der Waals surface area contributed by atoms with E-state index in [1.807, 2.05) is 10.7 Å². The third kappa shape index (κ3) is 3.12. The highest BCUT2D eigenvalue weighted by Gasteiger charge is 2.59. The number of nitrogens with two attached hydrogens (primary N) is 1. The second-order valence-corrected chi connectivity index (χ2v) is 9.02. The average Bonchev–Trinajstić information content (AvgIpc) is 2.96. The van der Waals surface area contributed by atoms with Gasteiger partial charge in [0.1, 0.15) is 5.82 Å². The normalized spacial score (nSPS) is 29.2. The number of alkyl halides is 3. The van der Waals surface area contributed by atoms with E-state index in [2.05, 4.69) is 28.8 Å². The molecule has 4 atom stereocenters. The molecular weight excluding hydrogens is 379 g/mol. The maximum absolute atomic E-state index is 13.2. The fourth-order valence-corrected chi connectivity index (χ4v) is 5.31. The lowest BCUT2D eigenvalue weighted by Gasteiger charge is -2.37. The number of rotatable bonds is 4. The Kier molecular flexibility index (Phi) is 4.21. The topological polar surface area (TPSA) is 60.0 Å². The predicted octanol–water partition coefficient (Wildman–Crippen LogP) is 4.32. The van der Waals surface area contributed by atoms with E-state index >= 15 is 0 Å². The molecule has 2 saturated carbocycles. The predicted molar refractivity (Wildman–Crippen MR) is 104 cm³/mol. The Morgan fingerprint density at radius 1 is 1.14 bits per heavy atom. The first-order chi connectivity index (χ1) is 13.7. The Bertz CT molecular complexity index is 919. The Hall–Kier alpha value is -2.09. The molecule has 2 N–H and O–H groups in total. The molecule has 156 valence electrons. The molecule has 29 heavy (non-hydrogen) atoms. The number of hydrogen-bond donors (Lipinski definition) is 1. The quantitative estimate of drug-likeness (QED) is 0.823. The standard InChI is InChI=1S/C21H26F3N5/c1-11(2)29-18(19-14-7-13(8-15(14)19)28-4-3-5-28)9-17(27-29)12-6-16(21(22,23)24)20(25)26-10-12/h6,9-11,13-15,19H,3-5,7-8H2,1-2H3,(H2,25,26)/t13-,14+,15-,19-. The van der Waals surface area contributed by atoms with Crippen molar-refractivity contribution in [3.8, 4) is 11.3 Å². The van der Waals surface area contributed by atoms with Crippen molar-refractivity contribution in [1.29, 1.82) is 0 Å². The molecule has 2 aromatic heterocycles. The third-order valence-corrected chi connectivity index (χ3v) is 6.94. The minimum atomic E-state index is -4.53. The van der Waals surface area contributed by atoms with Crippen LogP contribution in [0.4, 0.5) is 19.0 Å². The van der Waals surface area contributed by atoms with Crippen molar-refractivity contribution in [1.82, 2.24) is 19.7 Å². The molecule has 5 nitrogen and oxygen atoms in total. The van der Waals surface area contributed by atoms with Gasteiger partial charge in [-0.05, 0) is 70.2 Å². The summed E-state index contributed by atoms with van der Waals surface area (Å²) in [6.45, 7) is 6.58. The van der Waals surface area contributed by atoms with E-state index in [4.69, 9.17) is 5.73 Å². The minimum Gasteiger partial charge on any atom is -0.383 e. The maximum Gasteiger partial charge on any atom is 0.419 e. The molecule has 8 heteroatoms. The molecule has 2 aliphatic carbocycles. The summed E-state index contributed by atoms with van der Waals surface area (Å²) in [5, 5.41) is 4.66. The van der Waals surface area contributed by atoms with E-state index in [0.29, 0.717) is 29.0 Å². The largest absolute Gasteiger partial charge is 0.419 e. The van der Waals surface area contributed by atoms with E-state index in [-0.39, 0.29) is 6.04 Å². The van der Waals surface area contributed by atoms with Crippen LogP contribution in [0.15, 0.2) is 18.3 Å². The summed E-state index contributed by atoms with van der Waals surface area (Å²) in [5.41, 5.74) is 6.59. The van der Waals surface area contributed by atoms with Crippen LogP contribution in [0, 0.1) is 11.8 Å². The van der Waals surface area contributed by atoms with Gasteiger partial charge in [-0.1, -0.05) is 0 Å². The highest BCUT2D eigenvalue weighted by atomic mass is 19.4. The Labute approximate surface area is 168 Å². The number of likely N-dealkylation sites (tertiary alicyclic amines) is 1. The van der Waals surface area contributed by atoms with E-state index in [0.717, 1.165) is 17.8 Å². The van der Waals surface area contributed by atoms with Crippen LogP contribution in [-0.2, 0) is 6.18 Å². The zero-order valence-corrected chi connectivity index (χ0v) is 16.7. The zero-order valence-electron chi connectivity index (χ0n) is 16.7. The highest BCUT2D eigenvalue weighted by molar-refractivity contribution is 5.63. The molecule has 1 saturated heterocycles. The van der Waals surface area contributed by atoms with E-state index in [9.17, 15) is 13.2 Å². The summed E-state index contributed by atoms with van der Waals surface area (Å²) < 4.78 is 41.7. The first-order valence-electron chi connectivity index (χ1n) is 10.4. The maximum atomic E-state index is 13.2. The van der Waals surface area contributed by atoms with Crippen LogP contribution in [0.5, 0.6) is 0 Å². The number of halogens is 3. The smallest absolute Gasteiger partial charge is 0.383 e. The summed E-state index contributed by atoms with van der Waals surface area (Å²) in [6.07, 6.45) is 0.629. The molecule has 0 spiro atoms. The van der Waals surface area contributed by atoms with Gasteiger partial charge in [0.2, 0.25) is 0 Å². The average molecular weight is 405 g/mol. The molecule has 1 aliphatic heterocycles. The molecule has 0 bridgehead atoms. The molecule has 0 unspecified atom stereocenters. The van der Waals surface area contributed by atoms with Crippen LogP contribution in [-0.4, -0.2) is 38.8 Å². The Morgan fingerprint density at radius 3 is 2.38 bits per heavy atom. The lowest BCUT2D eigenvalue weighted by atomic mass is 10.00. The molecule has 3 fully saturated rings. The monoisotopic (exact) mass is 405 g/mol. The van der Waals surface area contributed by atoms with Crippen molar-refractivity contribution in [2.45, 2.75) is 57.3 Å². The summed E-state index contributed by atoms with van der Waals surface area (Å²) >= 11 is 0. The lowest BCUT2D eigenvalue weighted by molar-refractivity contribution is -0.137. The molecular formula is C21H26F3N5. The number of nitrogens with zero attached hydrogens (tertiary/aromatic N) is 4. The summed E-state index contributed by atoms with van der Waals surface area (Å²) in [4.78, 5) is 6.36. The van der Waals surface area contributed by atoms with Crippen LogP contribution in [0.3, 0.4) is 0 Å². The molecule has 0 amide bonds. The van der Waals surface area contributed by atoms with Crippen molar-refractivity contribution < 1.29 is 13.2 Å². The molecule has 0 aromatic carbocycles. The van der Waals surface area contributed by atoms with Crippen molar-refractivity contribution in [2.75, 3.05) is 18.8 Å². The summed E-state index contributed by atoms with van der Waals surface area (Å²) in [5.74, 6) is 1.33. The number of hydrogen-bond acceptors (Lipinski definition) is 4. The first-order valence-corrected chi connectivity index (χ1v) is 10.4. The van der Waals surface area contributed by atoms with Gasteiger partial charge in [-0.15, -0.1) is 0 Å². The van der Waals surface area contributed by atoms with Crippen LogP contribution < -0.4 is 5.73 Å². The second kappa shape index (κ2) is 6.45. The van der Waals surface area contributed by atoms with Gasteiger partial charge in [0.25, 0.3) is 0 Å². The van der Waals surface area contributed by atoms with Gasteiger partial charge in [0.15, 0.2) is 0 Å². The lowest BCUT2D eigenvalue weighted by Crippen LogP contribution is -2.44. The van der Waals surface area contributed by atoms with Crippen LogP contribution in [0.1, 0.15) is 56.3 Å². The highest BCUT2D eigenvalue weighted by Crippen LogP contribution is 2.64. The zero-order chi connectivity index (χ0) is 20.5. The van der Waals surface area contributed by atoms with Gasteiger partial charge in [-0.3, -0.25) is 4.68 Å². The van der Waals surface area contributed by atoms with Crippen molar-refractivity contribution >= 4 is 5.82 Å².